The van der Waals surface area contributed by atoms with Gasteiger partial charge in [-0.2, -0.15) is 0 Å². The number of esters is 1. The summed E-state index contributed by atoms with van der Waals surface area (Å²) in [5.74, 6) is -1.39. The summed E-state index contributed by atoms with van der Waals surface area (Å²) in [5, 5.41) is 0.669. The molecule has 0 saturated carbocycles. The van der Waals surface area contributed by atoms with Gasteiger partial charge >= 0.3 is 5.97 Å². The van der Waals surface area contributed by atoms with Crippen LogP contribution in [0.2, 0.25) is 0 Å². The van der Waals surface area contributed by atoms with Gasteiger partial charge in [0.05, 0.1) is 23.7 Å². The van der Waals surface area contributed by atoms with Gasteiger partial charge in [-0.15, -0.1) is 0 Å². The third-order valence-corrected chi connectivity index (χ3v) is 9.09. The number of carbonyl (C=O) groups is 3. The first-order valence-electron chi connectivity index (χ1n) is 14.6. The standard InChI is InChI=1S/C32H44N2O4S/c1-3-4-5-6-7-8-9-10-11-12-16-21-27-30(36)34(26-19-14-13-15-20-26)31(37)32(27,24-23-29(35)38-2)39-28-22-17-18-25-33-28/h13-15,17-20,22,25,27H,3-12,16,21,23-24H2,1-2H3. The van der Waals surface area contributed by atoms with Gasteiger partial charge in [0.1, 0.15) is 4.75 Å². The Labute approximate surface area is 238 Å². The maximum atomic E-state index is 14.2. The number of nitrogens with zero attached hydrogens (tertiary/aromatic N) is 2. The monoisotopic (exact) mass is 552 g/mol. The number of rotatable bonds is 18. The lowest BCUT2D eigenvalue weighted by Crippen LogP contribution is -2.41. The molecule has 1 aliphatic heterocycles. The van der Waals surface area contributed by atoms with Gasteiger partial charge < -0.3 is 4.74 Å². The summed E-state index contributed by atoms with van der Waals surface area (Å²) < 4.78 is 3.80. The van der Waals surface area contributed by atoms with Crippen LogP contribution in [-0.4, -0.2) is 34.6 Å². The van der Waals surface area contributed by atoms with E-state index in [1.807, 2.05) is 36.4 Å². The first-order valence-corrected chi connectivity index (χ1v) is 15.5. The van der Waals surface area contributed by atoms with Crippen LogP contribution in [-0.2, 0) is 19.1 Å². The number of aromatic nitrogens is 1. The van der Waals surface area contributed by atoms with Gasteiger partial charge in [0.15, 0.2) is 0 Å². The number of anilines is 1. The molecular formula is C32H44N2O4S. The van der Waals surface area contributed by atoms with Gasteiger partial charge in [-0.1, -0.05) is 114 Å². The van der Waals surface area contributed by atoms with Crippen molar-refractivity contribution in [1.29, 1.82) is 0 Å². The van der Waals surface area contributed by atoms with E-state index in [1.54, 1.807) is 18.3 Å². The van der Waals surface area contributed by atoms with Crippen LogP contribution in [0.15, 0.2) is 59.8 Å². The molecule has 0 aliphatic carbocycles. The second-order valence-electron chi connectivity index (χ2n) is 10.4. The summed E-state index contributed by atoms with van der Waals surface area (Å²) in [6, 6.07) is 14.7. The minimum absolute atomic E-state index is 0.0622. The van der Waals surface area contributed by atoms with Crippen LogP contribution in [0.5, 0.6) is 0 Å². The average Bonchev–Trinajstić information content (AvgIpc) is 3.16. The Hall–Kier alpha value is -2.67. The van der Waals surface area contributed by atoms with E-state index in [1.165, 1.54) is 75.1 Å². The molecule has 39 heavy (non-hydrogen) atoms. The molecule has 0 N–H and O–H groups in total. The summed E-state index contributed by atoms with van der Waals surface area (Å²) in [6.07, 6.45) is 16.0. The quantitative estimate of drug-likeness (QED) is 0.107. The number of imide groups is 1. The van der Waals surface area contributed by atoms with E-state index in [0.29, 0.717) is 17.1 Å². The Morgan fingerprint density at radius 1 is 0.897 bits per heavy atom. The number of hydrogen-bond acceptors (Lipinski definition) is 6. The van der Waals surface area contributed by atoms with Crippen molar-refractivity contribution >= 4 is 35.2 Å². The average molecular weight is 553 g/mol. The number of carbonyl (C=O) groups excluding carboxylic acids is 3. The molecule has 1 saturated heterocycles. The van der Waals surface area contributed by atoms with Crippen molar-refractivity contribution in [3.63, 3.8) is 0 Å². The molecule has 2 amide bonds. The summed E-state index contributed by atoms with van der Waals surface area (Å²) >= 11 is 1.32. The molecule has 2 atom stereocenters. The lowest BCUT2D eigenvalue weighted by molar-refractivity contribution is -0.141. The summed E-state index contributed by atoms with van der Waals surface area (Å²) in [4.78, 5) is 46.1. The fraction of sp³-hybridized carbons (Fsp3) is 0.562. The van der Waals surface area contributed by atoms with Gasteiger partial charge in [0, 0.05) is 12.6 Å². The smallest absolute Gasteiger partial charge is 0.305 e. The molecule has 0 bridgehead atoms. The minimum atomic E-state index is -1.12. The van der Waals surface area contributed by atoms with Gasteiger partial charge in [-0.3, -0.25) is 14.4 Å². The zero-order chi connectivity index (χ0) is 27.9. The molecule has 212 valence electrons. The molecule has 1 aromatic carbocycles. The first-order chi connectivity index (χ1) is 19.0. The van der Waals surface area contributed by atoms with Crippen molar-refractivity contribution in [2.45, 2.75) is 107 Å². The third-order valence-electron chi connectivity index (χ3n) is 7.61. The highest BCUT2D eigenvalue weighted by molar-refractivity contribution is 8.01. The topological polar surface area (TPSA) is 76.6 Å². The van der Waals surface area contributed by atoms with Crippen LogP contribution in [0, 0.1) is 5.92 Å². The van der Waals surface area contributed by atoms with Crippen LogP contribution in [0.25, 0.3) is 0 Å². The second-order valence-corrected chi connectivity index (χ2v) is 11.8. The number of thioether (sulfide) groups is 1. The van der Waals surface area contributed by atoms with E-state index in [-0.39, 0.29) is 30.6 Å². The molecule has 7 heteroatoms. The van der Waals surface area contributed by atoms with Crippen LogP contribution in [0.3, 0.4) is 0 Å². The highest BCUT2D eigenvalue weighted by Gasteiger charge is 2.60. The molecule has 3 rings (SSSR count). The van der Waals surface area contributed by atoms with E-state index >= 15 is 0 Å². The minimum Gasteiger partial charge on any atom is -0.469 e. The zero-order valence-electron chi connectivity index (χ0n) is 23.6. The van der Waals surface area contributed by atoms with E-state index < -0.39 is 10.7 Å². The zero-order valence-corrected chi connectivity index (χ0v) is 24.4. The van der Waals surface area contributed by atoms with Crippen molar-refractivity contribution in [2.75, 3.05) is 12.0 Å². The highest BCUT2D eigenvalue weighted by Crippen LogP contribution is 2.50. The highest BCUT2D eigenvalue weighted by atomic mass is 32.2. The fourth-order valence-electron chi connectivity index (χ4n) is 5.42. The maximum absolute atomic E-state index is 14.2. The summed E-state index contributed by atoms with van der Waals surface area (Å²) in [7, 11) is 1.35. The Morgan fingerprint density at radius 2 is 1.51 bits per heavy atom. The van der Waals surface area contributed by atoms with Crippen LogP contribution in [0.4, 0.5) is 5.69 Å². The van der Waals surface area contributed by atoms with Gasteiger partial charge in [-0.25, -0.2) is 9.88 Å². The fourth-order valence-corrected chi connectivity index (χ4v) is 6.79. The molecule has 0 spiro atoms. The van der Waals surface area contributed by atoms with E-state index in [0.717, 1.165) is 19.3 Å². The van der Waals surface area contributed by atoms with Crippen LogP contribution < -0.4 is 4.90 Å². The molecule has 6 nitrogen and oxygen atoms in total. The largest absolute Gasteiger partial charge is 0.469 e. The Kier molecular flexibility index (Phi) is 13.0. The van der Waals surface area contributed by atoms with E-state index in [2.05, 4.69) is 11.9 Å². The number of amides is 2. The second kappa shape index (κ2) is 16.4. The lowest BCUT2D eigenvalue weighted by Gasteiger charge is -2.30. The van der Waals surface area contributed by atoms with Crippen LogP contribution >= 0.6 is 11.8 Å². The summed E-state index contributed by atoms with van der Waals surface area (Å²) in [6.45, 7) is 2.24. The number of ether oxygens (including phenoxy) is 1. The van der Waals surface area contributed by atoms with Gasteiger partial charge in [0.2, 0.25) is 5.91 Å². The molecule has 1 fully saturated rings. The summed E-state index contributed by atoms with van der Waals surface area (Å²) in [5.41, 5.74) is 0.568. The normalized spacial score (nSPS) is 19.0. The lowest BCUT2D eigenvalue weighted by atomic mass is 9.85. The molecule has 1 aliphatic rings. The Morgan fingerprint density at radius 3 is 2.10 bits per heavy atom. The number of pyridine rings is 1. The number of para-hydroxylation sites is 1. The number of methoxy groups -OCH3 is 1. The van der Waals surface area contributed by atoms with E-state index in [4.69, 9.17) is 4.74 Å². The third kappa shape index (κ3) is 8.66. The number of hydrogen-bond donors (Lipinski definition) is 0. The van der Waals surface area contributed by atoms with Crippen molar-refractivity contribution in [3.8, 4) is 0 Å². The maximum Gasteiger partial charge on any atom is 0.305 e. The number of unbranched alkanes of at least 4 members (excludes halogenated alkanes) is 10. The molecule has 2 unspecified atom stereocenters. The van der Waals surface area contributed by atoms with Crippen molar-refractivity contribution in [3.05, 3.63) is 54.7 Å². The predicted molar refractivity (Wildman–Crippen MR) is 158 cm³/mol. The Balaban J connectivity index is 1.72. The van der Waals surface area contributed by atoms with Gasteiger partial charge in [0.25, 0.3) is 5.91 Å². The van der Waals surface area contributed by atoms with Crippen molar-refractivity contribution in [2.24, 2.45) is 5.92 Å². The van der Waals surface area contributed by atoms with Crippen molar-refractivity contribution < 1.29 is 19.1 Å². The molecule has 0 radical (unpaired) electrons. The first kappa shape index (κ1) is 30.9. The predicted octanol–water partition coefficient (Wildman–Crippen LogP) is 7.76. The molecule has 2 aromatic rings. The molecule has 2 heterocycles. The van der Waals surface area contributed by atoms with Crippen molar-refractivity contribution in [1.82, 2.24) is 4.98 Å². The molecular weight excluding hydrogens is 508 g/mol. The number of benzene rings is 1. The Bertz CT molecular complexity index is 1030. The van der Waals surface area contributed by atoms with Gasteiger partial charge in [-0.05, 0) is 37.1 Å². The van der Waals surface area contributed by atoms with Crippen LogP contribution in [0.1, 0.15) is 96.8 Å². The molecule has 1 aromatic heterocycles. The SMILES string of the molecule is CCCCCCCCCCCCCC1C(=O)N(c2ccccc2)C(=O)C1(CCC(=O)OC)Sc1ccccn1. The van der Waals surface area contributed by atoms with E-state index in [9.17, 15) is 14.4 Å².